The van der Waals surface area contributed by atoms with Crippen LogP contribution in [0.2, 0.25) is 0 Å². The van der Waals surface area contributed by atoms with Gasteiger partial charge >= 0.3 is 0 Å². The maximum Gasteiger partial charge on any atom is -0.0193 e. The van der Waals surface area contributed by atoms with Crippen LogP contribution in [0, 0.1) is 11.8 Å². The minimum Gasteiger partial charge on any atom is -0.0998 e. The summed E-state index contributed by atoms with van der Waals surface area (Å²) in [5.41, 5.74) is 1.45. The molecule has 0 radical (unpaired) electrons. The summed E-state index contributed by atoms with van der Waals surface area (Å²) in [6.07, 6.45) is 14.1. The van der Waals surface area contributed by atoms with Gasteiger partial charge in [-0.3, -0.25) is 0 Å². The first-order chi connectivity index (χ1) is 7.22. The van der Waals surface area contributed by atoms with Crippen LogP contribution in [-0.4, -0.2) is 0 Å². The summed E-state index contributed by atoms with van der Waals surface area (Å²) in [5, 5.41) is 0. The van der Waals surface area contributed by atoms with E-state index in [1.54, 1.807) is 0 Å². The van der Waals surface area contributed by atoms with Gasteiger partial charge in [0.25, 0.3) is 0 Å². The molecular weight excluding hydrogens is 180 g/mol. The Labute approximate surface area is 95.5 Å². The number of hydrogen-bond donors (Lipinski definition) is 0. The van der Waals surface area contributed by atoms with Crippen LogP contribution in [0.3, 0.4) is 0 Å². The Morgan fingerprint density at radius 3 is 2.87 bits per heavy atom. The Morgan fingerprint density at radius 2 is 2.27 bits per heavy atom. The van der Waals surface area contributed by atoms with Gasteiger partial charge in [-0.25, -0.2) is 0 Å². The molecule has 0 heterocycles. The maximum absolute atomic E-state index is 4.06. The van der Waals surface area contributed by atoms with Crippen molar-refractivity contribution in [3.05, 3.63) is 24.3 Å². The van der Waals surface area contributed by atoms with Gasteiger partial charge in [-0.2, -0.15) is 0 Å². The molecule has 0 bridgehead atoms. The summed E-state index contributed by atoms with van der Waals surface area (Å²) in [5.74, 6) is 1.57. The highest BCUT2D eigenvalue weighted by atomic mass is 14.2. The Bertz CT molecular complexity index is 212. The molecule has 1 saturated carbocycles. The van der Waals surface area contributed by atoms with E-state index in [-0.39, 0.29) is 0 Å². The molecule has 0 aliphatic heterocycles. The molecule has 0 saturated heterocycles. The third kappa shape index (κ3) is 5.20. The van der Waals surface area contributed by atoms with Crippen LogP contribution in [0.25, 0.3) is 0 Å². The SMILES string of the molecule is C=C1CCC(/C=C/C(C)CCCCC)C1. The van der Waals surface area contributed by atoms with E-state index >= 15 is 0 Å². The quantitative estimate of drug-likeness (QED) is 0.418. The van der Waals surface area contributed by atoms with Crippen molar-refractivity contribution in [2.45, 2.75) is 58.8 Å². The summed E-state index contributed by atoms with van der Waals surface area (Å²) < 4.78 is 0. The molecule has 2 atom stereocenters. The average Bonchev–Trinajstić information content (AvgIpc) is 2.62. The monoisotopic (exact) mass is 206 g/mol. The summed E-state index contributed by atoms with van der Waals surface area (Å²) in [7, 11) is 0. The van der Waals surface area contributed by atoms with Gasteiger partial charge in [0.1, 0.15) is 0 Å². The van der Waals surface area contributed by atoms with E-state index < -0.39 is 0 Å². The Morgan fingerprint density at radius 1 is 1.47 bits per heavy atom. The van der Waals surface area contributed by atoms with Gasteiger partial charge in [-0.05, 0) is 37.5 Å². The molecule has 0 heteroatoms. The van der Waals surface area contributed by atoms with Crippen LogP contribution in [0.15, 0.2) is 24.3 Å². The van der Waals surface area contributed by atoms with Crippen LogP contribution >= 0.6 is 0 Å². The third-order valence-electron chi connectivity index (χ3n) is 3.39. The topological polar surface area (TPSA) is 0 Å². The van der Waals surface area contributed by atoms with E-state index in [1.807, 2.05) is 0 Å². The molecule has 0 aromatic rings. The zero-order chi connectivity index (χ0) is 11.1. The van der Waals surface area contributed by atoms with Crippen molar-refractivity contribution < 1.29 is 0 Å². The van der Waals surface area contributed by atoms with Crippen molar-refractivity contribution in [2.24, 2.45) is 11.8 Å². The smallest absolute Gasteiger partial charge is 0.0193 e. The van der Waals surface area contributed by atoms with Crippen molar-refractivity contribution in [1.82, 2.24) is 0 Å². The molecular formula is C15H26. The number of rotatable bonds is 6. The fourth-order valence-electron chi connectivity index (χ4n) is 2.29. The van der Waals surface area contributed by atoms with Crippen molar-refractivity contribution in [2.75, 3.05) is 0 Å². The van der Waals surface area contributed by atoms with Crippen molar-refractivity contribution in [3.63, 3.8) is 0 Å². The summed E-state index contributed by atoms with van der Waals surface area (Å²) in [4.78, 5) is 0. The van der Waals surface area contributed by atoms with Crippen molar-refractivity contribution in [1.29, 1.82) is 0 Å². The summed E-state index contributed by atoms with van der Waals surface area (Å²) in [6, 6.07) is 0. The Kier molecular flexibility index (Phi) is 5.75. The maximum atomic E-state index is 4.06. The first-order valence-electron chi connectivity index (χ1n) is 6.57. The highest BCUT2D eigenvalue weighted by molar-refractivity contribution is 5.08. The lowest BCUT2D eigenvalue weighted by Gasteiger charge is -2.07. The molecule has 1 rings (SSSR count). The molecule has 2 unspecified atom stereocenters. The highest BCUT2D eigenvalue weighted by Gasteiger charge is 2.14. The zero-order valence-electron chi connectivity index (χ0n) is 10.5. The molecule has 1 aliphatic rings. The predicted molar refractivity (Wildman–Crippen MR) is 68.9 cm³/mol. The fraction of sp³-hybridized carbons (Fsp3) is 0.733. The molecule has 0 aromatic heterocycles. The summed E-state index contributed by atoms with van der Waals surface area (Å²) in [6.45, 7) is 8.67. The van der Waals surface area contributed by atoms with E-state index in [1.165, 1.54) is 50.5 Å². The number of unbranched alkanes of at least 4 members (excludes halogenated alkanes) is 2. The minimum absolute atomic E-state index is 0.769. The zero-order valence-corrected chi connectivity index (χ0v) is 10.5. The van der Waals surface area contributed by atoms with E-state index in [0.717, 1.165) is 11.8 Å². The molecule has 0 amide bonds. The Hall–Kier alpha value is -0.520. The lowest BCUT2D eigenvalue weighted by Crippen LogP contribution is -1.92. The van der Waals surface area contributed by atoms with Crippen LogP contribution in [0.5, 0.6) is 0 Å². The van der Waals surface area contributed by atoms with Crippen LogP contribution < -0.4 is 0 Å². The van der Waals surface area contributed by atoms with E-state index in [2.05, 4.69) is 32.6 Å². The average molecular weight is 206 g/mol. The van der Waals surface area contributed by atoms with Crippen LogP contribution in [-0.2, 0) is 0 Å². The third-order valence-corrected chi connectivity index (χ3v) is 3.39. The molecule has 0 spiro atoms. The lowest BCUT2D eigenvalue weighted by atomic mass is 9.99. The lowest BCUT2D eigenvalue weighted by molar-refractivity contribution is 0.569. The minimum atomic E-state index is 0.769. The fourth-order valence-corrected chi connectivity index (χ4v) is 2.29. The van der Waals surface area contributed by atoms with Gasteiger partial charge < -0.3 is 0 Å². The molecule has 0 N–H and O–H groups in total. The molecule has 1 aliphatic carbocycles. The normalized spacial score (nSPS) is 23.9. The number of allylic oxidation sites excluding steroid dienone is 3. The Balaban J connectivity index is 2.16. The second-order valence-electron chi connectivity index (χ2n) is 5.11. The van der Waals surface area contributed by atoms with Gasteiger partial charge in [0.15, 0.2) is 0 Å². The predicted octanol–water partition coefficient (Wildman–Crippen LogP) is 5.12. The summed E-state index contributed by atoms with van der Waals surface area (Å²) >= 11 is 0. The van der Waals surface area contributed by atoms with Crippen LogP contribution in [0.1, 0.15) is 58.8 Å². The first-order valence-corrected chi connectivity index (χ1v) is 6.57. The van der Waals surface area contributed by atoms with Gasteiger partial charge in [0.2, 0.25) is 0 Å². The van der Waals surface area contributed by atoms with Gasteiger partial charge in [-0.15, -0.1) is 0 Å². The van der Waals surface area contributed by atoms with Gasteiger partial charge in [0.05, 0.1) is 0 Å². The number of hydrogen-bond acceptors (Lipinski definition) is 0. The largest absolute Gasteiger partial charge is 0.0998 e. The second-order valence-corrected chi connectivity index (χ2v) is 5.11. The molecule has 1 fully saturated rings. The second kappa shape index (κ2) is 6.87. The van der Waals surface area contributed by atoms with E-state index in [4.69, 9.17) is 0 Å². The molecule has 0 nitrogen and oxygen atoms in total. The van der Waals surface area contributed by atoms with E-state index in [9.17, 15) is 0 Å². The van der Waals surface area contributed by atoms with Crippen molar-refractivity contribution in [3.8, 4) is 0 Å². The van der Waals surface area contributed by atoms with Gasteiger partial charge in [0, 0.05) is 0 Å². The highest BCUT2D eigenvalue weighted by Crippen LogP contribution is 2.30. The molecule has 0 aromatic carbocycles. The van der Waals surface area contributed by atoms with Gasteiger partial charge in [-0.1, -0.05) is 57.4 Å². The van der Waals surface area contributed by atoms with Crippen LogP contribution in [0.4, 0.5) is 0 Å². The standard InChI is InChI=1S/C15H26/c1-4-5-6-7-13(2)8-10-15-11-9-14(3)12-15/h8,10,13,15H,3-7,9,11-12H2,1-2H3/b10-8+. The van der Waals surface area contributed by atoms with E-state index in [0.29, 0.717) is 0 Å². The molecule has 86 valence electrons. The molecule has 15 heavy (non-hydrogen) atoms. The first kappa shape index (κ1) is 12.5. The van der Waals surface area contributed by atoms with Crippen molar-refractivity contribution >= 4 is 0 Å².